The highest BCUT2D eigenvalue weighted by Crippen LogP contribution is 2.24. The molecule has 17 heavy (non-hydrogen) atoms. The Labute approximate surface area is 101 Å². The molecule has 3 nitrogen and oxygen atoms in total. The maximum Gasteiger partial charge on any atom is 0.190 e. The third-order valence-corrected chi connectivity index (χ3v) is 3.22. The average Bonchev–Trinajstić information content (AvgIpc) is 2.78. The molecule has 3 heteroatoms. The van der Waals surface area contributed by atoms with Crippen molar-refractivity contribution in [2.75, 3.05) is 0 Å². The fourth-order valence-corrected chi connectivity index (χ4v) is 1.92. The number of oxime groups is 1. The number of nitrogens with zero attached hydrogens (tertiary/aromatic N) is 1. The highest BCUT2D eigenvalue weighted by Gasteiger charge is 2.28. The number of ketones is 1. The van der Waals surface area contributed by atoms with E-state index in [0.717, 1.165) is 5.71 Å². The lowest BCUT2D eigenvalue weighted by Crippen LogP contribution is -2.19. The van der Waals surface area contributed by atoms with Gasteiger partial charge in [-0.25, -0.2) is 0 Å². The highest BCUT2D eigenvalue weighted by atomic mass is 16.6. The van der Waals surface area contributed by atoms with Crippen LogP contribution in [-0.4, -0.2) is 17.6 Å². The highest BCUT2D eigenvalue weighted by molar-refractivity contribution is 5.96. The average molecular weight is 231 g/mol. The second kappa shape index (κ2) is 4.70. The van der Waals surface area contributed by atoms with Gasteiger partial charge in [0.1, 0.15) is 0 Å². The molecule has 90 valence electrons. The van der Waals surface area contributed by atoms with Crippen molar-refractivity contribution >= 4 is 11.5 Å². The first-order valence-corrected chi connectivity index (χ1v) is 5.87. The van der Waals surface area contributed by atoms with Crippen LogP contribution in [0.2, 0.25) is 0 Å². The van der Waals surface area contributed by atoms with Gasteiger partial charge in [-0.3, -0.25) is 4.79 Å². The fourth-order valence-electron chi connectivity index (χ4n) is 1.92. The van der Waals surface area contributed by atoms with Crippen LogP contribution in [0, 0.1) is 6.92 Å². The van der Waals surface area contributed by atoms with Crippen molar-refractivity contribution in [1.29, 1.82) is 0 Å². The Bertz CT molecular complexity index is 448. The number of aryl methyl sites for hydroxylation is 1. The minimum absolute atomic E-state index is 0.0415. The van der Waals surface area contributed by atoms with Gasteiger partial charge in [-0.1, -0.05) is 41.9 Å². The van der Waals surface area contributed by atoms with Crippen LogP contribution >= 0.6 is 0 Å². The van der Waals surface area contributed by atoms with Gasteiger partial charge in [0.25, 0.3) is 0 Å². The third kappa shape index (κ3) is 2.54. The number of rotatable bonds is 3. The topological polar surface area (TPSA) is 38.7 Å². The Morgan fingerprint density at radius 2 is 2.06 bits per heavy atom. The number of Topliss-reactive ketones (excluding diaryl/α,β-unsaturated/α-hetero) is 1. The summed E-state index contributed by atoms with van der Waals surface area (Å²) in [6.45, 7) is 5.70. The van der Waals surface area contributed by atoms with E-state index in [1.54, 1.807) is 6.92 Å². The Balaban J connectivity index is 2.09. The molecule has 0 saturated heterocycles. The fraction of sp³-hybridized carbons (Fsp3) is 0.429. The lowest BCUT2D eigenvalue weighted by molar-refractivity contribution is -0.126. The number of hydrogen-bond acceptors (Lipinski definition) is 3. The van der Waals surface area contributed by atoms with E-state index in [2.05, 4.69) is 43.3 Å². The molecule has 0 bridgehead atoms. The zero-order valence-corrected chi connectivity index (χ0v) is 10.4. The van der Waals surface area contributed by atoms with Crippen LogP contribution in [0.15, 0.2) is 29.4 Å². The van der Waals surface area contributed by atoms with Gasteiger partial charge in [-0.15, -0.1) is 0 Å². The first-order chi connectivity index (χ1) is 8.08. The monoisotopic (exact) mass is 231 g/mol. The van der Waals surface area contributed by atoms with Gasteiger partial charge in [0.15, 0.2) is 11.9 Å². The predicted molar refractivity (Wildman–Crippen MR) is 67.2 cm³/mol. The second-order valence-corrected chi connectivity index (χ2v) is 4.62. The van der Waals surface area contributed by atoms with Crippen molar-refractivity contribution in [3.63, 3.8) is 0 Å². The van der Waals surface area contributed by atoms with E-state index < -0.39 is 0 Å². The summed E-state index contributed by atoms with van der Waals surface area (Å²) in [5, 5.41) is 4.03. The minimum Gasteiger partial charge on any atom is -0.384 e. The van der Waals surface area contributed by atoms with Crippen molar-refractivity contribution in [2.24, 2.45) is 5.16 Å². The summed E-state index contributed by atoms with van der Waals surface area (Å²) in [6, 6.07) is 8.38. The molecule has 2 rings (SSSR count). The molecule has 0 radical (unpaired) electrons. The molecule has 1 aliphatic rings. The number of carbonyl (C=O) groups excluding carboxylic acids is 1. The van der Waals surface area contributed by atoms with E-state index in [1.807, 2.05) is 0 Å². The molecule has 0 aliphatic carbocycles. The minimum atomic E-state index is -0.377. The molecule has 0 fully saturated rings. The molecular formula is C14H17NO2. The summed E-state index contributed by atoms with van der Waals surface area (Å²) in [5.74, 6) is 0.250. The van der Waals surface area contributed by atoms with Gasteiger partial charge in [0.05, 0.1) is 5.71 Å². The smallest absolute Gasteiger partial charge is 0.190 e. The first-order valence-electron chi connectivity index (χ1n) is 5.87. The van der Waals surface area contributed by atoms with Crippen molar-refractivity contribution in [3.05, 3.63) is 35.4 Å². The molecule has 0 aromatic heterocycles. The summed E-state index contributed by atoms with van der Waals surface area (Å²) in [7, 11) is 0. The van der Waals surface area contributed by atoms with E-state index in [-0.39, 0.29) is 17.8 Å². The largest absolute Gasteiger partial charge is 0.384 e. The van der Waals surface area contributed by atoms with Gasteiger partial charge in [0, 0.05) is 12.3 Å². The normalized spacial score (nSPS) is 20.6. The number of benzene rings is 1. The Morgan fingerprint density at radius 1 is 1.41 bits per heavy atom. The quantitative estimate of drug-likeness (QED) is 0.802. The van der Waals surface area contributed by atoms with Gasteiger partial charge in [-0.2, -0.15) is 0 Å². The number of hydrogen-bond donors (Lipinski definition) is 0. The number of carbonyl (C=O) groups is 1. The van der Waals surface area contributed by atoms with Gasteiger partial charge < -0.3 is 4.84 Å². The zero-order valence-electron chi connectivity index (χ0n) is 10.4. The van der Waals surface area contributed by atoms with Crippen molar-refractivity contribution in [3.8, 4) is 0 Å². The van der Waals surface area contributed by atoms with Gasteiger partial charge in [-0.05, 0) is 19.4 Å². The van der Waals surface area contributed by atoms with Crippen molar-refractivity contribution in [1.82, 2.24) is 0 Å². The van der Waals surface area contributed by atoms with Crippen molar-refractivity contribution in [2.45, 2.75) is 39.2 Å². The molecule has 2 atom stereocenters. The van der Waals surface area contributed by atoms with Crippen molar-refractivity contribution < 1.29 is 9.63 Å². The molecule has 0 amide bonds. The Morgan fingerprint density at radius 3 is 2.59 bits per heavy atom. The van der Waals surface area contributed by atoms with Gasteiger partial charge in [0.2, 0.25) is 0 Å². The molecule has 1 aromatic rings. The summed E-state index contributed by atoms with van der Waals surface area (Å²) in [5.41, 5.74) is 3.41. The molecule has 0 spiro atoms. The molecule has 1 aliphatic heterocycles. The molecule has 0 N–H and O–H groups in total. The van der Waals surface area contributed by atoms with Gasteiger partial charge >= 0.3 is 0 Å². The maximum atomic E-state index is 11.2. The summed E-state index contributed by atoms with van der Waals surface area (Å²) in [6.07, 6.45) is 0.239. The molecule has 0 saturated carbocycles. The van der Waals surface area contributed by atoms with E-state index in [4.69, 9.17) is 4.84 Å². The van der Waals surface area contributed by atoms with Crippen LogP contribution in [0.1, 0.15) is 37.3 Å². The second-order valence-electron chi connectivity index (χ2n) is 4.62. The lowest BCUT2D eigenvalue weighted by Gasteiger charge is -2.10. The van der Waals surface area contributed by atoms with Crippen LogP contribution in [0.3, 0.4) is 0 Å². The molecule has 1 heterocycles. The van der Waals surface area contributed by atoms with E-state index >= 15 is 0 Å². The Kier molecular flexibility index (Phi) is 3.27. The SMILES string of the molecule is CC(=O)C1CC([C@H](C)c2ccc(C)cc2)=NO1. The van der Waals surface area contributed by atoms with Crippen LogP contribution in [0.25, 0.3) is 0 Å². The zero-order chi connectivity index (χ0) is 12.4. The molecule has 1 unspecified atom stereocenters. The summed E-state index contributed by atoms with van der Waals surface area (Å²) >= 11 is 0. The lowest BCUT2D eigenvalue weighted by atomic mass is 9.92. The maximum absolute atomic E-state index is 11.2. The molecule has 1 aromatic carbocycles. The van der Waals surface area contributed by atoms with E-state index in [9.17, 15) is 4.79 Å². The van der Waals surface area contributed by atoms with Crippen LogP contribution in [0.5, 0.6) is 0 Å². The first kappa shape index (κ1) is 11.8. The van der Waals surface area contributed by atoms with Crippen LogP contribution in [0.4, 0.5) is 0 Å². The van der Waals surface area contributed by atoms with Crippen LogP contribution < -0.4 is 0 Å². The summed E-state index contributed by atoms with van der Waals surface area (Å²) in [4.78, 5) is 16.3. The summed E-state index contributed by atoms with van der Waals surface area (Å²) < 4.78 is 0. The standard InChI is InChI=1S/C14H17NO2/c1-9-4-6-12(7-5-9)10(2)13-8-14(11(3)16)17-15-13/h4-7,10,14H,8H2,1-3H3/t10-,14?/m1/s1. The molecular weight excluding hydrogens is 214 g/mol. The predicted octanol–water partition coefficient (Wildman–Crippen LogP) is 2.83. The van der Waals surface area contributed by atoms with E-state index in [1.165, 1.54) is 11.1 Å². The van der Waals surface area contributed by atoms with E-state index in [0.29, 0.717) is 6.42 Å². The van der Waals surface area contributed by atoms with Crippen LogP contribution in [-0.2, 0) is 9.63 Å². The Hall–Kier alpha value is -1.64. The third-order valence-electron chi connectivity index (χ3n) is 3.22.